The Kier molecular flexibility index (Phi) is 7.45. The van der Waals surface area contributed by atoms with Crippen LogP contribution in [0.15, 0.2) is 115 Å². The molecular formula is C40H33ClN2O6. The van der Waals surface area contributed by atoms with Crippen LogP contribution in [0.3, 0.4) is 0 Å². The maximum Gasteiger partial charge on any atom is 0.246 e. The molecule has 4 amide bonds. The molecule has 8 nitrogen and oxygen atoms in total. The lowest BCUT2D eigenvalue weighted by Gasteiger charge is -2.50. The predicted octanol–water partition coefficient (Wildman–Crippen LogP) is 6.42. The number of amides is 4. The van der Waals surface area contributed by atoms with E-state index in [0.29, 0.717) is 34.0 Å². The molecule has 4 aliphatic rings. The second kappa shape index (κ2) is 11.7. The first-order valence-corrected chi connectivity index (χ1v) is 16.8. The zero-order chi connectivity index (χ0) is 34.0. The van der Waals surface area contributed by atoms with Gasteiger partial charge in [0.25, 0.3) is 0 Å². The Balaban J connectivity index is 1.34. The number of allylic oxidation sites excluding steroid dienone is 2. The number of carbonyl (C=O) groups excluding carboxylic acids is 4. The molecule has 246 valence electrons. The van der Waals surface area contributed by atoms with Gasteiger partial charge >= 0.3 is 0 Å². The van der Waals surface area contributed by atoms with Crippen LogP contribution in [-0.4, -0.2) is 40.7 Å². The number of likely N-dealkylation sites (tertiary alicyclic amines) is 1. The molecule has 3 fully saturated rings. The second-order valence-corrected chi connectivity index (χ2v) is 13.7. The van der Waals surface area contributed by atoms with Gasteiger partial charge in [-0.25, -0.2) is 4.90 Å². The number of fused-ring (bicyclic) bond motifs is 4. The van der Waals surface area contributed by atoms with Gasteiger partial charge in [-0.05, 0) is 54.2 Å². The molecule has 0 unspecified atom stereocenters. The Morgan fingerprint density at radius 2 is 1.57 bits per heavy atom. The number of ether oxygens (including phenoxy) is 1. The van der Waals surface area contributed by atoms with E-state index in [2.05, 4.69) is 0 Å². The average Bonchev–Trinajstić information content (AvgIpc) is 3.49. The van der Waals surface area contributed by atoms with Crippen LogP contribution in [-0.2, 0) is 31.1 Å². The summed E-state index contributed by atoms with van der Waals surface area (Å²) >= 11 is 6.38. The van der Waals surface area contributed by atoms with Crippen LogP contribution in [0.2, 0.25) is 5.02 Å². The van der Waals surface area contributed by atoms with Crippen LogP contribution in [0, 0.1) is 23.7 Å². The molecule has 4 aromatic carbocycles. The van der Waals surface area contributed by atoms with Crippen molar-refractivity contribution in [1.29, 1.82) is 0 Å². The molecule has 4 aromatic rings. The van der Waals surface area contributed by atoms with Crippen LogP contribution < -0.4 is 9.64 Å². The van der Waals surface area contributed by atoms with Crippen molar-refractivity contribution in [2.45, 2.75) is 30.7 Å². The molecule has 0 aromatic heterocycles. The highest BCUT2D eigenvalue weighted by atomic mass is 35.5. The molecule has 1 saturated carbocycles. The van der Waals surface area contributed by atoms with Crippen LogP contribution in [0.1, 0.15) is 35.4 Å². The van der Waals surface area contributed by atoms with E-state index < -0.39 is 46.8 Å². The fourth-order valence-corrected chi connectivity index (χ4v) is 9.15. The highest BCUT2D eigenvalue weighted by molar-refractivity contribution is 6.32. The summed E-state index contributed by atoms with van der Waals surface area (Å²) in [7, 11) is 1.50. The number of rotatable bonds is 6. The summed E-state index contributed by atoms with van der Waals surface area (Å²) in [6, 6.07) is 30.2. The van der Waals surface area contributed by atoms with E-state index in [-0.39, 0.29) is 30.5 Å². The topological polar surface area (TPSA) is 104 Å². The molecule has 0 radical (unpaired) electrons. The van der Waals surface area contributed by atoms with Crippen LogP contribution >= 0.6 is 11.6 Å². The molecule has 2 saturated heterocycles. The van der Waals surface area contributed by atoms with E-state index >= 15 is 4.79 Å². The van der Waals surface area contributed by atoms with Crippen LogP contribution in [0.4, 0.5) is 5.69 Å². The fourth-order valence-electron chi connectivity index (χ4n) is 8.97. The largest absolute Gasteiger partial charge is 0.508 e. The lowest BCUT2D eigenvalue weighted by molar-refractivity contribution is -0.141. The highest BCUT2D eigenvalue weighted by Crippen LogP contribution is 2.65. The molecule has 8 rings (SSSR count). The van der Waals surface area contributed by atoms with Crippen molar-refractivity contribution < 1.29 is 29.0 Å². The lowest BCUT2D eigenvalue weighted by Crippen LogP contribution is -2.53. The van der Waals surface area contributed by atoms with E-state index in [0.717, 1.165) is 11.1 Å². The third-order valence-corrected chi connectivity index (χ3v) is 11.2. The summed E-state index contributed by atoms with van der Waals surface area (Å²) in [6.45, 7) is 0.160. The predicted molar refractivity (Wildman–Crippen MR) is 183 cm³/mol. The summed E-state index contributed by atoms with van der Waals surface area (Å²) in [5.41, 5.74) is 1.56. The SMILES string of the molecule is COc1ccc([C@H]2C3=CC[C@@H]4C(=O)N(Cc5ccccc5)C(=O)[C@@H]4[C@@H]3C[C@H]3C(=O)N(c4cccc(Cl)c4)C(=O)[C@@]23c2ccccc2)c(O)c1. The van der Waals surface area contributed by atoms with Crippen molar-refractivity contribution in [2.75, 3.05) is 12.0 Å². The van der Waals surface area contributed by atoms with Crippen LogP contribution in [0.5, 0.6) is 11.5 Å². The quantitative estimate of drug-likeness (QED) is 0.187. The molecule has 49 heavy (non-hydrogen) atoms. The maximum absolute atomic E-state index is 15.3. The number of benzene rings is 4. The van der Waals surface area contributed by atoms with Gasteiger partial charge in [0.1, 0.15) is 11.5 Å². The number of anilines is 1. The summed E-state index contributed by atoms with van der Waals surface area (Å²) in [5, 5.41) is 12.0. The van der Waals surface area contributed by atoms with E-state index in [1.807, 2.05) is 66.7 Å². The van der Waals surface area contributed by atoms with E-state index in [1.165, 1.54) is 23.0 Å². The number of nitrogens with zero attached hydrogens (tertiary/aromatic N) is 2. The minimum atomic E-state index is -1.47. The van der Waals surface area contributed by atoms with Crippen molar-refractivity contribution in [3.63, 3.8) is 0 Å². The van der Waals surface area contributed by atoms with Gasteiger partial charge in [-0.15, -0.1) is 0 Å². The highest BCUT2D eigenvalue weighted by Gasteiger charge is 2.70. The molecule has 2 aliphatic heterocycles. The zero-order valence-electron chi connectivity index (χ0n) is 26.7. The van der Waals surface area contributed by atoms with E-state index in [1.54, 1.807) is 36.4 Å². The van der Waals surface area contributed by atoms with Crippen molar-refractivity contribution >= 4 is 40.9 Å². The van der Waals surface area contributed by atoms with Gasteiger partial charge in [0.05, 0.1) is 42.5 Å². The smallest absolute Gasteiger partial charge is 0.246 e. The number of hydrogen-bond donors (Lipinski definition) is 1. The molecule has 1 N–H and O–H groups in total. The third kappa shape index (κ3) is 4.57. The first-order valence-electron chi connectivity index (χ1n) is 16.4. The number of imide groups is 2. The van der Waals surface area contributed by atoms with Gasteiger partial charge in [0.15, 0.2) is 0 Å². The molecule has 6 atom stereocenters. The first-order chi connectivity index (χ1) is 23.7. The van der Waals surface area contributed by atoms with Gasteiger partial charge in [0, 0.05) is 22.6 Å². The molecule has 2 aliphatic carbocycles. The first kappa shape index (κ1) is 31.1. The average molecular weight is 673 g/mol. The van der Waals surface area contributed by atoms with Gasteiger partial charge in [-0.2, -0.15) is 0 Å². The van der Waals surface area contributed by atoms with Crippen molar-refractivity contribution in [3.05, 3.63) is 136 Å². The normalized spacial score (nSPS) is 27.5. The maximum atomic E-state index is 15.3. The summed E-state index contributed by atoms with van der Waals surface area (Å²) in [4.78, 5) is 60.9. The number of phenols is 1. The molecule has 0 bridgehead atoms. The zero-order valence-corrected chi connectivity index (χ0v) is 27.4. The van der Waals surface area contributed by atoms with Crippen LogP contribution in [0.25, 0.3) is 0 Å². The van der Waals surface area contributed by atoms with E-state index in [9.17, 15) is 19.5 Å². The Hall–Kier alpha value is -5.21. The van der Waals surface area contributed by atoms with Crippen molar-refractivity contribution in [1.82, 2.24) is 4.90 Å². The van der Waals surface area contributed by atoms with E-state index in [4.69, 9.17) is 16.3 Å². The van der Waals surface area contributed by atoms with Gasteiger partial charge in [-0.3, -0.25) is 24.1 Å². The standard InChI is InChI=1S/C40H33ClN2O6/c1-49-27-15-16-29(33(44)20-27)35-28-17-18-30-34(38(47)42(36(30)45)22-23-9-4-2-5-10-23)31(28)21-32-37(46)43(26-14-8-13-25(41)19-26)39(48)40(32,35)24-11-6-3-7-12-24/h2-17,19-20,30-32,34-35,44H,18,21-22H2,1H3/t30-,31+,32-,34-,35+,40+/m0/s1. The molecule has 2 heterocycles. The Morgan fingerprint density at radius 1 is 0.837 bits per heavy atom. The fraction of sp³-hybridized carbons (Fsp3) is 0.250. The molecular weight excluding hydrogens is 640 g/mol. The Labute approximate surface area is 288 Å². The number of carbonyl (C=O) groups is 4. The third-order valence-electron chi connectivity index (χ3n) is 11.0. The van der Waals surface area contributed by atoms with Crippen molar-refractivity contribution in [3.8, 4) is 11.5 Å². The Bertz CT molecular complexity index is 2050. The van der Waals surface area contributed by atoms with Gasteiger partial charge in [0.2, 0.25) is 23.6 Å². The summed E-state index contributed by atoms with van der Waals surface area (Å²) < 4.78 is 5.40. The second-order valence-electron chi connectivity index (χ2n) is 13.3. The minimum absolute atomic E-state index is 0.0944. The monoisotopic (exact) mass is 672 g/mol. The number of hydrogen-bond acceptors (Lipinski definition) is 6. The minimum Gasteiger partial charge on any atom is -0.508 e. The number of halogens is 1. The lowest BCUT2D eigenvalue weighted by atomic mass is 9.49. The summed E-state index contributed by atoms with van der Waals surface area (Å²) in [6.07, 6.45) is 2.46. The number of aromatic hydroxyl groups is 1. The molecule has 9 heteroatoms. The summed E-state index contributed by atoms with van der Waals surface area (Å²) in [5.74, 6) is -4.59. The van der Waals surface area contributed by atoms with Crippen molar-refractivity contribution in [2.24, 2.45) is 23.7 Å². The van der Waals surface area contributed by atoms with Gasteiger partial charge < -0.3 is 9.84 Å². The Morgan fingerprint density at radius 3 is 2.27 bits per heavy atom. The number of methoxy groups -OCH3 is 1. The molecule has 0 spiro atoms. The number of phenolic OH excluding ortho intramolecular Hbond substituents is 1. The van der Waals surface area contributed by atoms with Gasteiger partial charge in [-0.1, -0.05) is 96.0 Å².